The summed E-state index contributed by atoms with van der Waals surface area (Å²) in [7, 11) is 0. The summed E-state index contributed by atoms with van der Waals surface area (Å²) in [5.74, 6) is 1.01. The zero-order valence-electron chi connectivity index (χ0n) is 6.86. The molecule has 0 radical (unpaired) electrons. The van der Waals surface area contributed by atoms with Crippen molar-refractivity contribution in [2.45, 2.75) is 13.8 Å². The zero-order valence-corrected chi connectivity index (χ0v) is 7.68. The Morgan fingerprint density at radius 2 is 1.92 bits per heavy atom. The van der Waals surface area contributed by atoms with Gasteiger partial charge >= 0.3 is 5.97 Å². The molecule has 2 N–H and O–H groups in total. The second kappa shape index (κ2) is 11.7. The molecule has 5 heteroatoms. The number of hydrogen-bond acceptors (Lipinski definition) is 5. The van der Waals surface area contributed by atoms with Gasteiger partial charge < -0.3 is 14.9 Å². The predicted octanol–water partition coefficient (Wildman–Crippen LogP) is 0.274. The molecule has 0 saturated carbocycles. The van der Waals surface area contributed by atoms with E-state index in [4.69, 9.17) is 10.2 Å². The first-order valence-corrected chi connectivity index (χ1v) is 4.91. The van der Waals surface area contributed by atoms with Gasteiger partial charge in [-0.2, -0.15) is 11.8 Å². The van der Waals surface area contributed by atoms with Crippen LogP contribution in [0.15, 0.2) is 0 Å². The van der Waals surface area contributed by atoms with Crippen LogP contribution in [0.1, 0.15) is 13.8 Å². The molecule has 0 aromatic heterocycles. The lowest BCUT2D eigenvalue weighted by Crippen LogP contribution is -2.09. The van der Waals surface area contributed by atoms with Crippen LogP contribution in [0.25, 0.3) is 0 Å². The van der Waals surface area contributed by atoms with E-state index < -0.39 is 0 Å². The summed E-state index contributed by atoms with van der Waals surface area (Å²) in [4.78, 5) is 10.8. The van der Waals surface area contributed by atoms with Crippen molar-refractivity contribution in [1.29, 1.82) is 0 Å². The van der Waals surface area contributed by atoms with Crippen molar-refractivity contribution in [3.63, 3.8) is 0 Å². The quantitative estimate of drug-likeness (QED) is 0.466. The molecule has 0 aliphatic carbocycles. The van der Waals surface area contributed by atoms with E-state index >= 15 is 0 Å². The Balaban J connectivity index is 0. The van der Waals surface area contributed by atoms with E-state index in [-0.39, 0.29) is 33.2 Å². The second-order valence-corrected chi connectivity index (χ2v) is 3.25. The molecule has 0 saturated heterocycles. The molecule has 0 heterocycles. The third-order valence-electron chi connectivity index (χ3n) is 1.04. The fourth-order valence-electron chi connectivity index (χ4n) is 0.554. The number of ether oxygens (including phenoxy) is 1. The van der Waals surface area contributed by atoms with Gasteiger partial charge in [0, 0.05) is 11.5 Å². The average molecular weight is 210 g/mol. The minimum absolute atomic E-state index is 0. The van der Waals surface area contributed by atoms with Crippen LogP contribution in [0.3, 0.4) is 0 Å². The Labute approximate surface area is 83.3 Å². The highest BCUT2D eigenvalue weighted by Gasteiger charge is 2.00. The van der Waals surface area contributed by atoms with Crippen LogP contribution in [0.2, 0.25) is 0 Å². The fourth-order valence-corrected chi connectivity index (χ4v) is 1.20. The Morgan fingerprint density at radius 3 is 2.46 bits per heavy atom. The summed E-state index contributed by atoms with van der Waals surface area (Å²) in [5, 5.41) is 16.7. The van der Waals surface area contributed by atoms with E-state index in [1.807, 2.05) is 0 Å². The maximum absolute atomic E-state index is 10.8. The van der Waals surface area contributed by atoms with Crippen LogP contribution in [0.5, 0.6) is 0 Å². The van der Waals surface area contributed by atoms with Crippen molar-refractivity contribution in [2.75, 3.05) is 31.3 Å². The number of carbonyl (C=O) groups excluding carboxylic acids is 1. The van der Waals surface area contributed by atoms with Crippen LogP contribution >= 0.6 is 11.8 Å². The number of thioether (sulfide) groups is 1. The van der Waals surface area contributed by atoms with Crippen LogP contribution in [-0.2, 0) is 9.53 Å². The van der Waals surface area contributed by atoms with Crippen molar-refractivity contribution < 1.29 is 19.7 Å². The van der Waals surface area contributed by atoms with Gasteiger partial charge in [-0.15, -0.1) is 0 Å². The lowest BCUT2D eigenvalue weighted by molar-refractivity contribution is -0.144. The molecule has 0 amide bonds. The Morgan fingerprint density at radius 1 is 1.23 bits per heavy atom. The molecule has 0 spiro atoms. The number of aliphatic hydroxyl groups is 2. The number of rotatable bonds is 7. The van der Waals surface area contributed by atoms with Gasteiger partial charge in [-0.3, -0.25) is 4.79 Å². The Bertz CT molecular complexity index is 119. The normalized spacial score (nSPS) is 9.08. The Kier molecular flexibility index (Phi) is 13.7. The third kappa shape index (κ3) is 11.7. The van der Waals surface area contributed by atoms with Crippen molar-refractivity contribution in [3.8, 4) is 0 Å². The number of esters is 1. The summed E-state index contributed by atoms with van der Waals surface area (Å²) < 4.78 is 4.61. The molecule has 13 heavy (non-hydrogen) atoms. The predicted molar refractivity (Wildman–Crippen MR) is 53.8 cm³/mol. The lowest BCUT2D eigenvalue weighted by Gasteiger charge is -2.01. The van der Waals surface area contributed by atoms with E-state index in [9.17, 15) is 4.79 Å². The van der Waals surface area contributed by atoms with Gasteiger partial charge in [0.15, 0.2) is 0 Å². The van der Waals surface area contributed by atoms with Gasteiger partial charge in [0.05, 0.1) is 19.6 Å². The molecule has 0 atom stereocenters. The summed E-state index contributed by atoms with van der Waals surface area (Å²) in [6, 6.07) is 0. The molecule has 0 aromatic carbocycles. The SMILES string of the molecule is C.O=C(CCSCCO)OCCO. The van der Waals surface area contributed by atoms with E-state index in [1.54, 1.807) is 0 Å². The van der Waals surface area contributed by atoms with E-state index in [2.05, 4.69) is 4.74 Å². The number of aliphatic hydroxyl groups excluding tert-OH is 2. The number of hydrogen-bond donors (Lipinski definition) is 2. The fraction of sp³-hybridized carbons (Fsp3) is 0.875. The Hall–Kier alpha value is -0.260. The van der Waals surface area contributed by atoms with Crippen molar-refractivity contribution >= 4 is 17.7 Å². The smallest absolute Gasteiger partial charge is 0.306 e. The van der Waals surface area contributed by atoms with Crippen molar-refractivity contribution in [2.24, 2.45) is 0 Å². The summed E-state index contributed by atoms with van der Waals surface area (Å²) in [6.45, 7) is 0.0787. The monoisotopic (exact) mass is 210 g/mol. The molecule has 0 fully saturated rings. The van der Waals surface area contributed by atoms with Gasteiger partial charge in [-0.1, -0.05) is 7.43 Å². The van der Waals surface area contributed by atoms with Crippen LogP contribution in [0.4, 0.5) is 0 Å². The molecule has 0 rings (SSSR count). The first-order valence-electron chi connectivity index (χ1n) is 3.76. The molecule has 80 valence electrons. The molecule has 0 aliphatic rings. The lowest BCUT2D eigenvalue weighted by atomic mass is 10.5. The summed E-state index contributed by atoms with van der Waals surface area (Å²) >= 11 is 1.50. The molecule has 0 aliphatic heterocycles. The molecule has 0 unspecified atom stereocenters. The molecule has 0 bridgehead atoms. The maximum Gasteiger partial charge on any atom is 0.306 e. The van der Waals surface area contributed by atoms with Gasteiger partial charge in [0.1, 0.15) is 6.61 Å². The average Bonchev–Trinajstić information content (AvgIpc) is 2.09. The highest BCUT2D eigenvalue weighted by Crippen LogP contribution is 2.01. The molecular weight excluding hydrogens is 192 g/mol. The largest absolute Gasteiger partial charge is 0.463 e. The van der Waals surface area contributed by atoms with Gasteiger partial charge in [0.25, 0.3) is 0 Å². The zero-order chi connectivity index (χ0) is 9.23. The van der Waals surface area contributed by atoms with E-state index in [0.717, 1.165) is 0 Å². The van der Waals surface area contributed by atoms with Gasteiger partial charge in [-0.25, -0.2) is 0 Å². The standard InChI is InChI=1S/C7H14O4S.CH4/c8-2-4-11-7(10)1-5-12-6-3-9;/h8-9H,1-6H2;1H4. The van der Waals surface area contributed by atoms with Crippen LogP contribution in [0, 0.1) is 0 Å². The first-order chi connectivity index (χ1) is 5.81. The summed E-state index contributed by atoms with van der Waals surface area (Å²) in [5.41, 5.74) is 0. The van der Waals surface area contributed by atoms with Gasteiger partial charge in [-0.05, 0) is 0 Å². The molecular formula is C8H18O4S. The van der Waals surface area contributed by atoms with Crippen LogP contribution in [-0.4, -0.2) is 47.5 Å². The minimum atomic E-state index is -0.297. The first kappa shape index (κ1) is 15.2. The highest BCUT2D eigenvalue weighted by molar-refractivity contribution is 7.99. The minimum Gasteiger partial charge on any atom is -0.463 e. The topological polar surface area (TPSA) is 66.8 Å². The van der Waals surface area contributed by atoms with Crippen molar-refractivity contribution in [1.82, 2.24) is 0 Å². The third-order valence-corrected chi connectivity index (χ3v) is 2.00. The second-order valence-electron chi connectivity index (χ2n) is 2.03. The number of carbonyl (C=O) groups is 1. The summed E-state index contributed by atoms with van der Waals surface area (Å²) in [6.07, 6.45) is 0.338. The maximum atomic E-state index is 10.8. The van der Waals surface area contributed by atoms with E-state index in [1.165, 1.54) is 11.8 Å². The molecule has 0 aromatic rings. The molecule has 4 nitrogen and oxygen atoms in total. The van der Waals surface area contributed by atoms with E-state index in [0.29, 0.717) is 17.9 Å². The van der Waals surface area contributed by atoms with Gasteiger partial charge in [0.2, 0.25) is 0 Å². The van der Waals surface area contributed by atoms with Crippen LogP contribution < -0.4 is 0 Å². The highest BCUT2D eigenvalue weighted by atomic mass is 32.2. The van der Waals surface area contributed by atoms with Crippen molar-refractivity contribution in [3.05, 3.63) is 0 Å².